The Labute approximate surface area is 148 Å². The van der Waals surface area contributed by atoms with Gasteiger partial charge >= 0.3 is 0 Å². The number of para-hydroxylation sites is 1. The molecule has 1 N–H and O–H groups in total. The van der Waals surface area contributed by atoms with Crippen LogP contribution in [0, 0.1) is 0 Å². The maximum absolute atomic E-state index is 6.04. The van der Waals surface area contributed by atoms with Crippen molar-refractivity contribution in [2.24, 2.45) is 0 Å². The molecular formula is C19H23Cl2NO. The van der Waals surface area contributed by atoms with E-state index in [4.69, 9.17) is 27.9 Å². The number of unbranched alkanes of at least 4 members (excludes halogenated alkanes) is 2. The Morgan fingerprint density at radius 2 is 1.83 bits per heavy atom. The van der Waals surface area contributed by atoms with Crippen LogP contribution in [0.3, 0.4) is 0 Å². The number of ether oxygens (including phenoxy) is 1. The second kappa shape index (κ2) is 9.82. The van der Waals surface area contributed by atoms with E-state index < -0.39 is 0 Å². The van der Waals surface area contributed by atoms with Crippen molar-refractivity contribution >= 4 is 23.2 Å². The molecule has 23 heavy (non-hydrogen) atoms. The minimum absolute atomic E-state index is 0.476. The molecule has 0 saturated heterocycles. The van der Waals surface area contributed by atoms with E-state index in [1.54, 1.807) is 6.07 Å². The Morgan fingerprint density at radius 1 is 1.00 bits per heavy atom. The minimum Gasteiger partial charge on any atom is -0.489 e. The summed E-state index contributed by atoms with van der Waals surface area (Å²) >= 11 is 12.0. The Hall–Kier alpha value is -1.22. The van der Waals surface area contributed by atoms with Gasteiger partial charge in [-0.1, -0.05) is 67.2 Å². The third-order valence-corrected chi connectivity index (χ3v) is 4.36. The fraction of sp³-hybridized carbons (Fsp3) is 0.368. The fourth-order valence-corrected chi connectivity index (χ4v) is 2.62. The van der Waals surface area contributed by atoms with Crippen LogP contribution in [0.15, 0.2) is 42.5 Å². The third-order valence-electron chi connectivity index (χ3n) is 3.62. The predicted molar refractivity (Wildman–Crippen MR) is 98.5 cm³/mol. The van der Waals surface area contributed by atoms with Gasteiger partial charge in [0.15, 0.2) is 0 Å². The van der Waals surface area contributed by atoms with Gasteiger partial charge in [-0.3, -0.25) is 0 Å². The highest BCUT2D eigenvalue weighted by molar-refractivity contribution is 6.42. The van der Waals surface area contributed by atoms with Crippen molar-refractivity contribution in [3.8, 4) is 5.75 Å². The second-order valence-corrected chi connectivity index (χ2v) is 6.34. The highest BCUT2D eigenvalue weighted by Gasteiger charge is 2.05. The smallest absolute Gasteiger partial charge is 0.124 e. The third kappa shape index (κ3) is 6.06. The Morgan fingerprint density at radius 3 is 2.61 bits per heavy atom. The molecule has 0 unspecified atom stereocenters. The summed E-state index contributed by atoms with van der Waals surface area (Å²) in [6, 6.07) is 13.7. The molecule has 2 rings (SSSR count). The predicted octanol–water partition coefficient (Wildman–Crippen LogP) is 5.85. The normalized spacial score (nSPS) is 10.7. The lowest BCUT2D eigenvalue weighted by Gasteiger charge is -2.12. The molecule has 0 saturated carbocycles. The van der Waals surface area contributed by atoms with Crippen molar-refractivity contribution in [2.75, 3.05) is 6.54 Å². The molecule has 0 aliphatic carbocycles. The largest absolute Gasteiger partial charge is 0.489 e. The lowest BCUT2D eigenvalue weighted by molar-refractivity contribution is 0.302. The van der Waals surface area contributed by atoms with Gasteiger partial charge in [0.1, 0.15) is 12.4 Å². The van der Waals surface area contributed by atoms with Crippen molar-refractivity contribution in [3.63, 3.8) is 0 Å². The average Bonchev–Trinajstić information content (AvgIpc) is 2.57. The summed E-state index contributed by atoms with van der Waals surface area (Å²) in [5.41, 5.74) is 2.18. The van der Waals surface area contributed by atoms with Crippen molar-refractivity contribution in [3.05, 3.63) is 63.6 Å². The molecule has 2 nitrogen and oxygen atoms in total. The van der Waals surface area contributed by atoms with E-state index in [2.05, 4.69) is 18.3 Å². The van der Waals surface area contributed by atoms with Crippen molar-refractivity contribution in [1.82, 2.24) is 5.32 Å². The average molecular weight is 352 g/mol. The summed E-state index contributed by atoms with van der Waals surface area (Å²) in [6.07, 6.45) is 3.72. The van der Waals surface area contributed by atoms with Gasteiger partial charge in [0.2, 0.25) is 0 Å². The molecule has 0 radical (unpaired) electrons. The summed E-state index contributed by atoms with van der Waals surface area (Å²) in [4.78, 5) is 0. The molecule has 0 bridgehead atoms. The van der Waals surface area contributed by atoms with Crippen LogP contribution in [0.4, 0.5) is 0 Å². The number of hydrogen-bond acceptors (Lipinski definition) is 2. The summed E-state index contributed by atoms with van der Waals surface area (Å²) in [6.45, 7) is 4.55. The lowest BCUT2D eigenvalue weighted by atomic mass is 10.2. The Kier molecular flexibility index (Phi) is 7.73. The van der Waals surface area contributed by atoms with E-state index in [0.29, 0.717) is 16.7 Å². The molecule has 0 atom stereocenters. The number of hydrogen-bond donors (Lipinski definition) is 1. The van der Waals surface area contributed by atoms with Crippen LogP contribution in [-0.4, -0.2) is 6.54 Å². The molecule has 4 heteroatoms. The van der Waals surface area contributed by atoms with Gasteiger partial charge < -0.3 is 10.1 Å². The molecular weight excluding hydrogens is 329 g/mol. The van der Waals surface area contributed by atoms with Crippen LogP contribution in [-0.2, 0) is 13.2 Å². The first-order valence-electron chi connectivity index (χ1n) is 8.06. The summed E-state index contributed by atoms with van der Waals surface area (Å²) in [5.74, 6) is 0.904. The molecule has 124 valence electrons. The lowest BCUT2D eigenvalue weighted by Crippen LogP contribution is -2.15. The maximum atomic E-state index is 6.04. The van der Waals surface area contributed by atoms with Gasteiger partial charge in [-0.15, -0.1) is 0 Å². The molecule has 0 spiro atoms. The SMILES string of the molecule is CCCCCNCc1ccccc1OCc1ccc(Cl)c(Cl)c1. The molecule has 0 aliphatic heterocycles. The van der Waals surface area contributed by atoms with Crippen LogP contribution in [0.1, 0.15) is 37.3 Å². The number of benzene rings is 2. The zero-order valence-corrected chi connectivity index (χ0v) is 15.0. The number of halogens is 2. The van der Waals surface area contributed by atoms with Crippen LogP contribution >= 0.6 is 23.2 Å². The molecule has 0 amide bonds. The van der Waals surface area contributed by atoms with E-state index in [9.17, 15) is 0 Å². The highest BCUT2D eigenvalue weighted by atomic mass is 35.5. The van der Waals surface area contributed by atoms with Crippen LogP contribution in [0.25, 0.3) is 0 Å². The van der Waals surface area contributed by atoms with Crippen LogP contribution in [0.2, 0.25) is 10.0 Å². The maximum Gasteiger partial charge on any atom is 0.124 e. The van der Waals surface area contributed by atoms with Gasteiger partial charge in [-0.05, 0) is 36.7 Å². The van der Waals surface area contributed by atoms with E-state index >= 15 is 0 Å². The second-order valence-electron chi connectivity index (χ2n) is 5.53. The number of nitrogens with one attached hydrogen (secondary N) is 1. The van der Waals surface area contributed by atoms with E-state index in [-0.39, 0.29) is 0 Å². The minimum atomic E-state index is 0.476. The number of rotatable bonds is 9. The van der Waals surface area contributed by atoms with Gasteiger partial charge in [0.05, 0.1) is 10.0 Å². The summed E-state index contributed by atoms with van der Waals surface area (Å²) < 4.78 is 5.95. The monoisotopic (exact) mass is 351 g/mol. The van der Waals surface area contributed by atoms with Gasteiger partial charge in [0, 0.05) is 12.1 Å². The van der Waals surface area contributed by atoms with Crippen molar-refractivity contribution in [1.29, 1.82) is 0 Å². The van der Waals surface area contributed by atoms with Crippen LogP contribution < -0.4 is 10.1 Å². The first-order valence-corrected chi connectivity index (χ1v) is 8.81. The highest BCUT2D eigenvalue weighted by Crippen LogP contribution is 2.24. The molecule has 2 aromatic carbocycles. The topological polar surface area (TPSA) is 21.3 Å². The fourth-order valence-electron chi connectivity index (χ4n) is 2.30. The van der Waals surface area contributed by atoms with Crippen LogP contribution in [0.5, 0.6) is 5.75 Å². The molecule has 0 aromatic heterocycles. The first-order chi connectivity index (χ1) is 11.2. The molecule has 2 aromatic rings. The molecule has 0 heterocycles. The molecule has 0 aliphatic rings. The van der Waals surface area contributed by atoms with Gasteiger partial charge in [0.25, 0.3) is 0 Å². The zero-order valence-electron chi connectivity index (χ0n) is 13.4. The van der Waals surface area contributed by atoms with Gasteiger partial charge in [-0.25, -0.2) is 0 Å². The van der Waals surface area contributed by atoms with Crippen molar-refractivity contribution in [2.45, 2.75) is 39.3 Å². The molecule has 0 fully saturated rings. The van der Waals surface area contributed by atoms with E-state index in [1.807, 2.05) is 30.3 Å². The zero-order chi connectivity index (χ0) is 16.5. The Balaban J connectivity index is 1.90. The van der Waals surface area contributed by atoms with Crippen molar-refractivity contribution < 1.29 is 4.74 Å². The van der Waals surface area contributed by atoms with Gasteiger partial charge in [-0.2, -0.15) is 0 Å². The first kappa shape index (κ1) is 18.1. The summed E-state index contributed by atoms with van der Waals surface area (Å²) in [5, 5.41) is 4.59. The quantitative estimate of drug-likeness (QED) is 0.572. The summed E-state index contributed by atoms with van der Waals surface area (Å²) in [7, 11) is 0. The standard InChI is InChI=1S/C19H23Cl2NO/c1-2-3-6-11-22-13-16-7-4-5-8-19(16)23-14-15-9-10-17(20)18(21)12-15/h4-5,7-10,12,22H,2-3,6,11,13-14H2,1H3. The Bertz CT molecular complexity index is 616. The van der Waals surface area contributed by atoms with E-state index in [0.717, 1.165) is 24.4 Å². The van der Waals surface area contributed by atoms with E-state index in [1.165, 1.54) is 24.8 Å².